The van der Waals surface area contributed by atoms with E-state index in [2.05, 4.69) is 4.90 Å². The lowest BCUT2D eigenvalue weighted by molar-refractivity contribution is 0.244. The van der Waals surface area contributed by atoms with E-state index in [9.17, 15) is 8.42 Å². The van der Waals surface area contributed by atoms with E-state index in [4.69, 9.17) is 10.8 Å². The predicted octanol–water partition coefficient (Wildman–Crippen LogP) is 1.27. The van der Waals surface area contributed by atoms with Gasteiger partial charge in [-0.3, -0.25) is 0 Å². The predicted molar refractivity (Wildman–Crippen MR) is 80.6 cm³/mol. The molecule has 3 N–H and O–H groups in total. The second-order valence-electron chi connectivity index (χ2n) is 5.43. The van der Waals surface area contributed by atoms with Crippen LogP contribution in [0.15, 0.2) is 23.1 Å². The molecule has 2 rings (SSSR count). The SMILES string of the molecule is CS(=O)(=O)c1cccc(N2CCCC(CCO)C2)c1N. The van der Waals surface area contributed by atoms with Crippen LogP contribution in [0.5, 0.6) is 0 Å². The maximum absolute atomic E-state index is 11.7. The smallest absolute Gasteiger partial charge is 0.177 e. The first-order valence-corrected chi connectivity index (χ1v) is 8.77. The average molecular weight is 298 g/mol. The summed E-state index contributed by atoms with van der Waals surface area (Å²) in [6.45, 7) is 1.88. The van der Waals surface area contributed by atoms with Gasteiger partial charge < -0.3 is 15.7 Å². The maximum atomic E-state index is 11.7. The summed E-state index contributed by atoms with van der Waals surface area (Å²) in [7, 11) is -3.31. The van der Waals surface area contributed by atoms with Crippen molar-refractivity contribution in [1.29, 1.82) is 0 Å². The maximum Gasteiger partial charge on any atom is 0.177 e. The van der Waals surface area contributed by atoms with Gasteiger partial charge in [-0.1, -0.05) is 6.07 Å². The quantitative estimate of drug-likeness (QED) is 0.818. The topological polar surface area (TPSA) is 83.6 Å². The molecule has 1 aromatic rings. The van der Waals surface area contributed by atoms with Crippen molar-refractivity contribution in [3.8, 4) is 0 Å². The molecule has 0 bridgehead atoms. The highest BCUT2D eigenvalue weighted by molar-refractivity contribution is 7.90. The Labute approximate surface area is 120 Å². The Bertz CT molecular complexity index is 570. The van der Waals surface area contributed by atoms with Gasteiger partial charge in [-0.25, -0.2) is 8.42 Å². The summed E-state index contributed by atoms with van der Waals surface area (Å²) >= 11 is 0. The van der Waals surface area contributed by atoms with Crippen molar-refractivity contribution in [2.75, 3.05) is 36.6 Å². The van der Waals surface area contributed by atoms with Crippen LogP contribution in [0.25, 0.3) is 0 Å². The molecular formula is C14H22N2O3S. The van der Waals surface area contributed by atoms with Crippen LogP contribution in [-0.2, 0) is 9.84 Å². The van der Waals surface area contributed by atoms with Crippen molar-refractivity contribution in [2.24, 2.45) is 5.92 Å². The van der Waals surface area contributed by atoms with E-state index in [1.165, 1.54) is 6.26 Å². The van der Waals surface area contributed by atoms with E-state index in [0.717, 1.165) is 38.0 Å². The molecule has 0 aliphatic carbocycles. The lowest BCUT2D eigenvalue weighted by Gasteiger charge is -2.35. The highest BCUT2D eigenvalue weighted by Crippen LogP contribution is 2.33. The van der Waals surface area contributed by atoms with Crippen LogP contribution >= 0.6 is 0 Å². The number of nitrogens with zero attached hydrogens (tertiary/aromatic N) is 1. The molecule has 0 saturated carbocycles. The summed E-state index contributed by atoms with van der Waals surface area (Å²) in [5, 5.41) is 9.06. The van der Waals surface area contributed by atoms with E-state index >= 15 is 0 Å². The second-order valence-corrected chi connectivity index (χ2v) is 7.41. The monoisotopic (exact) mass is 298 g/mol. The number of rotatable bonds is 4. The number of anilines is 2. The summed E-state index contributed by atoms with van der Waals surface area (Å²) < 4.78 is 23.4. The Morgan fingerprint density at radius 2 is 2.20 bits per heavy atom. The third-order valence-corrected chi connectivity index (χ3v) is 4.99. The van der Waals surface area contributed by atoms with Crippen LogP contribution in [0.3, 0.4) is 0 Å². The molecule has 20 heavy (non-hydrogen) atoms. The van der Waals surface area contributed by atoms with Crippen molar-refractivity contribution in [3.05, 3.63) is 18.2 Å². The van der Waals surface area contributed by atoms with Crippen LogP contribution < -0.4 is 10.6 Å². The number of aliphatic hydroxyl groups excluding tert-OH is 1. The Hall–Kier alpha value is -1.27. The van der Waals surface area contributed by atoms with Gasteiger partial charge >= 0.3 is 0 Å². The number of sulfone groups is 1. The third-order valence-electron chi connectivity index (χ3n) is 3.84. The summed E-state index contributed by atoms with van der Waals surface area (Å²) in [5.41, 5.74) is 7.17. The molecule has 0 radical (unpaired) electrons. The van der Waals surface area contributed by atoms with E-state index < -0.39 is 9.84 Å². The molecule has 1 heterocycles. The van der Waals surface area contributed by atoms with Gasteiger partial charge in [-0.2, -0.15) is 0 Å². The largest absolute Gasteiger partial charge is 0.396 e. The molecule has 6 heteroatoms. The van der Waals surface area contributed by atoms with E-state index in [0.29, 0.717) is 11.6 Å². The highest BCUT2D eigenvalue weighted by atomic mass is 32.2. The van der Waals surface area contributed by atoms with Crippen molar-refractivity contribution in [3.63, 3.8) is 0 Å². The van der Waals surface area contributed by atoms with Gasteiger partial charge in [0.2, 0.25) is 0 Å². The zero-order valence-electron chi connectivity index (χ0n) is 11.7. The van der Waals surface area contributed by atoms with Gasteiger partial charge in [0.1, 0.15) is 0 Å². The first-order valence-electron chi connectivity index (χ1n) is 6.88. The van der Waals surface area contributed by atoms with E-state index in [1.807, 2.05) is 6.07 Å². The highest BCUT2D eigenvalue weighted by Gasteiger charge is 2.23. The van der Waals surface area contributed by atoms with Crippen LogP contribution in [-0.4, -0.2) is 39.5 Å². The average Bonchev–Trinajstić information content (AvgIpc) is 2.38. The molecule has 0 spiro atoms. The molecule has 1 fully saturated rings. The van der Waals surface area contributed by atoms with Gasteiger partial charge in [0.05, 0.1) is 16.3 Å². The fraction of sp³-hybridized carbons (Fsp3) is 0.571. The fourth-order valence-electron chi connectivity index (χ4n) is 2.83. The summed E-state index contributed by atoms with van der Waals surface area (Å²) in [5.74, 6) is 0.440. The first kappa shape index (κ1) is 15.1. The Morgan fingerprint density at radius 3 is 2.85 bits per heavy atom. The summed E-state index contributed by atoms with van der Waals surface area (Å²) in [6, 6.07) is 5.15. The standard InChI is InChI=1S/C14H22N2O3S/c1-20(18,19)13-6-2-5-12(14(13)15)16-8-3-4-11(10-16)7-9-17/h2,5-6,11,17H,3-4,7-10,15H2,1H3. The van der Waals surface area contributed by atoms with Gasteiger partial charge in [0.15, 0.2) is 9.84 Å². The lowest BCUT2D eigenvalue weighted by atomic mass is 9.94. The second kappa shape index (κ2) is 6.01. The number of aliphatic hydroxyl groups is 1. The Morgan fingerprint density at radius 1 is 1.45 bits per heavy atom. The van der Waals surface area contributed by atoms with Gasteiger partial charge in [0.25, 0.3) is 0 Å². The number of benzene rings is 1. The van der Waals surface area contributed by atoms with Crippen molar-refractivity contribution < 1.29 is 13.5 Å². The van der Waals surface area contributed by atoms with E-state index in [1.54, 1.807) is 12.1 Å². The van der Waals surface area contributed by atoms with Crippen LogP contribution in [0.1, 0.15) is 19.3 Å². The normalized spacial score (nSPS) is 20.1. The number of hydrogen-bond acceptors (Lipinski definition) is 5. The van der Waals surface area contributed by atoms with Crippen LogP contribution in [0.2, 0.25) is 0 Å². The van der Waals surface area contributed by atoms with Gasteiger partial charge in [-0.05, 0) is 37.3 Å². The number of nitrogens with two attached hydrogens (primary N) is 1. The Balaban J connectivity index is 2.29. The molecule has 1 aliphatic heterocycles. The molecular weight excluding hydrogens is 276 g/mol. The summed E-state index contributed by atoms with van der Waals surface area (Å²) in [4.78, 5) is 2.33. The minimum atomic E-state index is -3.31. The fourth-order valence-corrected chi connectivity index (χ4v) is 3.66. The minimum Gasteiger partial charge on any atom is -0.396 e. The molecule has 5 nitrogen and oxygen atoms in total. The number of para-hydroxylation sites is 1. The number of hydrogen-bond donors (Lipinski definition) is 2. The number of nitrogen functional groups attached to an aromatic ring is 1. The molecule has 0 aromatic heterocycles. The Kier molecular flexibility index (Phi) is 4.55. The molecule has 1 saturated heterocycles. The van der Waals surface area contributed by atoms with Crippen molar-refractivity contribution in [1.82, 2.24) is 0 Å². The molecule has 1 aliphatic rings. The third kappa shape index (κ3) is 3.24. The lowest BCUT2D eigenvalue weighted by Crippen LogP contribution is -2.36. The molecule has 1 aromatic carbocycles. The molecule has 1 unspecified atom stereocenters. The van der Waals surface area contributed by atoms with Crippen molar-refractivity contribution >= 4 is 21.2 Å². The first-order chi connectivity index (χ1) is 9.43. The van der Waals surface area contributed by atoms with Gasteiger partial charge in [-0.15, -0.1) is 0 Å². The van der Waals surface area contributed by atoms with Gasteiger partial charge in [0, 0.05) is 26.0 Å². The zero-order chi connectivity index (χ0) is 14.8. The van der Waals surface area contributed by atoms with Crippen molar-refractivity contribution in [2.45, 2.75) is 24.2 Å². The molecule has 0 amide bonds. The molecule has 112 valence electrons. The van der Waals surface area contributed by atoms with E-state index in [-0.39, 0.29) is 11.5 Å². The summed E-state index contributed by atoms with van der Waals surface area (Å²) in [6.07, 6.45) is 4.09. The van der Waals surface area contributed by atoms with Crippen LogP contribution in [0.4, 0.5) is 11.4 Å². The minimum absolute atomic E-state index is 0.192. The zero-order valence-corrected chi connectivity index (χ0v) is 12.6. The van der Waals surface area contributed by atoms with Crippen LogP contribution in [0, 0.1) is 5.92 Å². The number of piperidine rings is 1. The molecule has 1 atom stereocenters.